The largest absolute Gasteiger partial charge is 0.481 e. The highest BCUT2D eigenvalue weighted by atomic mass is 16.4. The Labute approximate surface area is 113 Å². The fourth-order valence-corrected chi connectivity index (χ4v) is 2.04. The van der Waals surface area contributed by atoms with Gasteiger partial charge in [0, 0.05) is 6.54 Å². The molecule has 0 aliphatic carbocycles. The Balaban J connectivity index is 2.70. The number of amides is 1. The number of rotatable bonds is 5. The van der Waals surface area contributed by atoms with Crippen molar-refractivity contribution in [2.24, 2.45) is 11.8 Å². The van der Waals surface area contributed by atoms with Crippen molar-refractivity contribution in [3.8, 4) is 0 Å². The molecule has 0 saturated heterocycles. The second-order valence-electron chi connectivity index (χ2n) is 5.21. The predicted molar refractivity (Wildman–Crippen MR) is 73.7 cm³/mol. The highest BCUT2D eigenvalue weighted by Crippen LogP contribution is 2.13. The van der Waals surface area contributed by atoms with Gasteiger partial charge in [-0.05, 0) is 30.9 Å². The summed E-state index contributed by atoms with van der Waals surface area (Å²) in [7, 11) is 0. The third kappa shape index (κ3) is 4.09. The van der Waals surface area contributed by atoms with Crippen molar-refractivity contribution in [1.82, 2.24) is 5.32 Å². The van der Waals surface area contributed by atoms with E-state index >= 15 is 0 Å². The number of nitrogens with one attached hydrogen (secondary N) is 1. The summed E-state index contributed by atoms with van der Waals surface area (Å²) in [5.74, 6) is -2.72. The van der Waals surface area contributed by atoms with Crippen LogP contribution in [0.4, 0.5) is 0 Å². The maximum absolute atomic E-state index is 11.9. The van der Waals surface area contributed by atoms with Gasteiger partial charge in [0.1, 0.15) is 5.92 Å². The normalized spacial score (nSPS) is 12.3. The Morgan fingerprint density at radius 3 is 2.37 bits per heavy atom. The van der Waals surface area contributed by atoms with Gasteiger partial charge in [-0.25, -0.2) is 0 Å². The van der Waals surface area contributed by atoms with Gasteiger partial charge >= 0.3 is 5.97 Å². The molecule has 1 aromatic carbocycles. The van der Waals surface area contributed by atoms with Crippen molar-refractivity contribution >= 4 is 11.9 Å². The van der Waals surface area contributed by atoms with E-state index in [1.54, 1.807) is 13.8 Å². The fraction of sp³-hybridized carbons (Fsp3) is 0.467. The van der Waals surface area contributed by atoms with E-state index in [1.807, 2.05) is 32.0 Å². The lowest BCUT2D eigenvalue weighted by Gasteiger charge is -2.16. The van der Waals surface area contributed by atoms with E-state index in [9.17, 15) is 9.59 Å². The fourth-order valence-electron chi connectivity index (χ4n) is 2.04. The number of hydrogen-bond donors (Lipinski definition) is 2. The number of aryl methyl sites for hydroxylation is 2. The van der Waals surface area contributed by atoms with Gasteiger partial charge in [-0.3, -0.25) is 9.59 Å². The van der Waals surface area contributed by atoms with Gasteiger partial charge in [0.05, 0.1) is 0 Å². The van der Waals surface area contributed by atoms with Crippen molar-refractivity contribution in [3.63, 3.8) is 0 Å². The number of benzene rings is 1. The molecule has 1 aromatic rings. The molecule has 19 heavy (non-hydrogen) atoms. The number of carbonyl (C=O) groups excluding carboxylic acids is 1. The summed E-state index contributed by atoms with van der Waals surface area (Å²) in [5.41, 5.74) is 3.27. The van der Waals surface area contributed by atoms with Crippen molar-refractivity contribution in [2.75, 3.05) is 0 Å². The number of hydrogen-bond acceptors (Lipinski definition) is 2. The molecule has 1 amide bonds. The summed E-state index contributed by atoms with van der Waals surface area (Å²) in [6.07, 6.45) is 0. The SMILES string of the molecule is Cc1ccc(CNC(=O)C(C(=O)O)C(C)C)c(C)c1. The van der Waals surface area contributed by atoms with E-state index in [0.717, 1.165) is 16.7 Å². The third-order valence-corrected chi connectivity index (χ3v) is 3.17. The molecule has 1 rings (SSSR count). The molecule has 2 N–H and O–H groups in total. The zero-order valence-electron chi connectivity index (χ0n) is 11.9. The van der Waals surface area contributed by atoms with Gasteiger partial charge in [-0.15, -0.1) is 0 Å². The minimum absolute atomic E-state index is 0.225. The first-order chi connectivity index (χ1) is 8.82. The maximum Gasteiger partial charge on any atom is 0.316 e. The van der Waals surface area contributed by atoms with Crippen LogP contribution in [0.25, 0.3) is 0 Å². The van der Waals surface area contributed by atoms with Crippen LogP contribution in [-0.4, -0.2) is 17.0 Å². The van der Waals surface area contributed by atoms with Gasteiger partial charge in [-0.1, -0.05) is 37.6 Å². The Kier molecular flexibility index (Phi) is 5.10. The zero-order valence-corrected chi connectivity index (χ0v) is 11.9. The van der Waals surface area contributed by atoms with Crippen molar-refractivity contribution in [2.45, 2.75) is 34.2 Å². The highest BCUT2D eigenvalue weighted by molar-refractivity contribution is 5.97. The second-order valence-corrected chi connectivity index (χ2v) is 5.21. The topological polar surface area (TPSA) is 66.4 Å². The van der Waals surface area contributed by atoms with Crippen LogP contribution in [0.15, 0.2) is 18.2 Å². The average molecular weight is 263 g/mol. The molecule has 0 heterocycles. The van der Waals surface area contributed by atoms with Crippen LogP contribution in [0.2, 0.25) is 0 Å². The van der Waals surface area contributed by atoms with Crippen LogP contribution in [0.1, 0.15) is 30.5 Å². The summed E-state index contributed by atoms with van der Waals surface area (Å²) in [6.45, 7) is 7.81. The van der Waals surface area contributed by atoms with E-state index in [2.05, 4.69) is 5.32 Å². The van der Waals surface area contributed by atoms with Crippen molar-refractivity contribution in [3.05, 3.63) is 34.9 Å². The molecular weight excluding hydrogens is 242 g/mol. The number of aliphatic carboxylic acids is 1. The van der Waals surface area contributed by atoms with E-state index in [1.165, 1.54) is 0 Å². The first kappa shape index (κ1) is 15.2. The molecule has 1 atom stereocenters. The van der Waals surface area contributed by atoms with Gasteiger partial charge < -0.3 is 10.4 Å². The molecule has 0 bridgehead atoms. The summed E-state index contributed by atoms with van der Waals surface area (Å²) in [5, 5.41) is 11.7. The van der Waals surface area contributed by atoms with Gasteiger partial charge in [0.25, 0.3) is 0 Å². The molecule has 0 fully saturated rings. The molecule has 0 saturated carbocycles. The molecule has 0 aliphatic heterocycles. The summed E-state index contributed by atoms with van der Waals surface area (Å²) >= 11 is 0. The Hall–Kier alpha value is -1.84. The molecule has 0 spiro atoms. The van der Waals surface area contributed by atoms with Crippen LogP contribution < -0.4 is 5.32 Å². The summed E-state index contributed by atoms with van der Waals surface area (Å²) < 4.78 is 0. The number of carboxylic acid groups (broad SMARTS) is 1. The minimum Gasteiger partial charge on any atom is -0.481 e. The molecule has 0 aromatic heterocycles. The van der Waals surface area contributed by atoms with Crippen LogP contribution in [0.5, 0.6) is 0 Å². The highest BCUT2D eigenvalue weighted by Gasteiger charge is 2.29. The van der Waals surface area contributed by atoms with E-state index in [-0.39, 0.29) is 5.92 Å². The smallest absolute Gasteiger partial charge is 0.316 e. The van der Waals surface area contributed by atoms with Crippen LogP contribution in [0, 0.1) is 25.7 Å². The standard InChI is InChI=1S/C15H21NO3/c1-9(2)13(15(18)19)14(17)16-8-12-6-5-10(3)7-11(12)4/h5-7,9,13H,8H2,1-4H3,(H,16,17)(H,18,19). The Bertz CT molecular complexity index is 480. The lowest BCUT2D eigenvalue weighted by atomic mass is 9.95. The average Bonchev–Trinajstić information content (AvgIpc) is 2.26. The van der Waals surface area contributed by atoms with Crippen LogP contribution in [0.3, 0.4) is 0 Å². The van der Waals surface area contributed by atoms with E-state index in [4.69, 9.17) is 5.11 Å². The molecule has 1 unspecified atom stereocenters. The Morgan fingerprint density at radius 1 is 1.26 bits per heavy atom. The van der Waals surface area contributed by atoms with E-state index < -0.39 is 17.8 Å². The zero-order chi connectivity index (χ0) is 14.6. The monoisotopic (exact) mass is 263 g/mol. The van der Waals surface area contributed by atoms with Crippen molar-refractivity contribution in [1.29, 1.82) is 0 Å². The van der Waals surface area contributed by atoms with Crippen LogP contribution in [-0.2, 0) is 16.1 Å². The molecule has 0 aliphatic rings. The maximum atomic E-state index is 11.9. The lowest BCUT2D eigenvalue weighted by Crippen LogP contribution is -2.38. The molecular formula is C15H21NO3. The number of carboxylic acids is 1. The molecule has 104 valence electrons. The minimum atomic E-state index is -1.08. The summed E-state index contributed by atoms with van der Waals surface area (Å²) in [4.78, 5) is 22.9. The van der Waals surface area contributed by atoms with Gasteiger partial charge in [0.2, 0.25) is 5.91 Å². The molecule has 4 nitrogen and oxygen atoms in total. The number of carbonyl (C=O) groups is 2. The lowest BCUT2D eigenvalue weighted by molar-refractivity contribution is -0.148. The molecule has 4 heteroatoms. The third-order valence-electron chi connectivity index (χ3n) is 3.17. The van der Waals surface area contributed by atoms with Crippen molar-refractivity contribution < 1.29 is 14.7 Å². The first-order valence-electron chi connectivity index (χ1n) is 6.39. The second kappa shape index (κ2) is 6.36. The predicted octanol–water partition coefficient (Wildman–Crippen LogP) is 2.28. The molecule has 0 radical (unpaired) electrons. The first-order valence-corrected chi connectivity index (χ1v) is 6.39. The Morgan fingerprint density at radius 2 is 1.89 bits per heavy atom. The quantitative estimate of drug-likeness (QED) is 0.801. The van der Waals surface area contributed by atoms with E-state index in [0.29, 0.717) is 6.54 Å². The van der Waals surface area contributed by atoms with Crippen LogP contribution >= 0.6 is 0 Å². The summed E-state index contributed by atoms with van der Waals surface area (Å²) in [6, 6.07) is 5.97. The van der Waals surface area contributed by atoms with Gasteiger partial charge in [-0.2, -0.15) is 0 Å². The van der Waals surface area contributed by atoms with Gasteiger partial charge in [0.15, 0.2) is 0 Å².